The van der Waals surface area contributed by atoms with Crippen molar-refractivity contribution in [2.24, 2.45) is 0 Å². The number of unbranched alkanes of at least 4 members (excludes halogenated alkanes) is 1. The normalized spacial score (nSPS) is 10.1. The van der Waals surface area contributed by atoms with Crippen molar-refractivity contribution in [2.45, 2.75) is 26.7 Å². The topological polar surface area (TPSA) is 95.9 Å². The predicted molar refractivity (Wildman–Crippen MR) is 89.6 cm³/mol. The van der Waals surface area contributed by atoms with Gasteiger partial charge in [-0.1, -0.05) is 25.5 Å². The number of carbonyl (C=O) groups is 3. The maximum absolute atomic E-state index is 12.1. The van der Waals surface area contributed by atoms with E-state index in [9.17, 15) is 14.4 Å². The lowest BCUT2D eigenvalue weighted by Crippen LogP contribution is -2.41. The molecule has 1 aromatic carbocycles. The van der Waals surface area contributed by atoms with Crippen LogP contribution >= 0.6 is 0 Å². The molecule has 2 amide bonds. The van der Waals surface area contributed by atoms with Crippen LogP contribution in [-0.2, 0) is 14.3 Å². The summed E-state index contributed by atoms with van der Waals surface area (Å²) >= 11 is 0. The van der Waals surface area contributed by atoms with E-state index in [2.05, 4.69) is 5.32 Å². The molecule has 132 valence electrons. The van der Waals surface area contributed by atoms with Gasteiger partial charge in [0.05, 0.1) is 24.5 Å². The molecule has 0 bridgehead atoms. The number of ether oxygens (including phenoxy) is 1. The molecule has 1 aromatic rings. The number of rotatable bonds is 8. The highest BCUT2D eigenvalue weighted by molar-refractivity contribution is 6.39. The van der Waals surface area contributed by atoms with E-state index in [1.807, 2.05) is 6.92 Å². The standard InChI is InChI=1S/C17H24N2O5/c1-3-5-12-24-17(23)13-8-6-7-9-14(13)18-15(21)16(22)19(4-2)10-11-20/h6-9,20H,3-5,10-12H2,1-2H3,(H,18,21). The van der Waals surface area contributed by atoms with Gasteiger partial charge in [-0.2, -0.15) is 0 Å². The summed E-state index contributed by atoms with van der Waals surface area (Å²) in [5.41, 5.74) is 0.414. The lowest BCUT2D eigenvalue weighted by Gasteiger charge is -2.19. The number of aliphatic hydroxyl groups excluding tert-OH is 1. The van der Waals surface area contributed by atoms with E-state index < -0.39 is 17.8 Å². The minimum atomic E-state index is -0.862. The first-order valence-electron chi connectivity index (χ1n) is 8.02. The summed E-state index contributed by atoms with van der Waals surface area (Å²) < 4.78 is 5.14. The van der Waals surface area contributed by atoms with Crippen molar-refractivity contribution >= 4 is 23.5 Å². The molecule has 0 fully saturated rings. The molecule has 0 aromatic heterocycles. The lowest BCUT2D eigenvalue weighted by molar-refractivity contribution is -0.143. The Labute approximate surface area is 141 Å². The van der Waals surface area contributed by atoms with Crippen LogP contribution in [0.25, 0.3) is 0 Å². The van der Waals surface area contributed by atoms with Crippen LogP contribution in [0.2, 0.25) is 0 Å². The summed E-state index contributed by atoms with van der Waals surface area (Å²) in [6.07, 6.45) is 1.66. The zero-order valence-corrected chi connectivity index (χ0v) is 14.1. The van der Waals surface area contributed by atoms with E-state index in [0.717, 1.165) is 12.8 Å². The number of amides is 2. The summed E-state index contributed by atoms with van der Waals surface area (Å²) in [6.45, 7) is 4.14. The summed E-state index contributed by atoms with van der Waals surface area (Å²) in [5.74, 6) is -2.17. The van der Waals surface area contributed by atoms with Crippen LogP contribution in [0.1, 0.15) is 37.0 Å². The second-order valence-electron chi connectivity index (χ2n) is 5.10. The number of aliphatic hydroxyl groups is 1. The Kier molecular flexibility index (Phi) is 8.49. The third kappa shape index (κ3) is 5.66. The van der Waals surface area contributed by atoms with Crippen molar-refractivity contribution in [3.05, 3.63) is 29.8 Å². The smallest absolute Gasteiger partial charge is 0.340 e. The van der Waals surface area contributed by atoms with E-state index in [0.29, 0.717) is 13.2 Å². The van der Waals surface area contributed by atoms with Crippen molar-refractivity contribution in [3.63, 3.8) is 0 Å². The number of esters is 1. The molecule has 0 saturated carbocycles. The van der Waals surface area contributed by atoms with E-state index in [-0.39, 0.29) is 24.4 Å². The van der Waals surface area contributed by atoms with Gasteiger partial charge in [-0.15, -0.1) is 0 Å². The summed E-state index contributed by atoms with van der Waals surface area (Å²) in [6, 6.07) is 6.36. The van der Waals surface area contributed by atoms with Gasteiger partial charge in [0.1, 0.15) is 0 Å². The Morgan fingerprint density at radius 3 is 2.54 bits per heavy atom. The largest absolute Gasteiger partial charge is 0.462 e. The number of hydrogen-bond acceptors (Lipinski definition) is 5. The quantitative estimate of drug-likeness (QED) is 0.425. The Balaban J connectivity index is 2.82. The maximum Gasteiger partial charge on any atom is 0.340 e. The second-order valence-corrected chi connectivity index (χ2v) is 5.10. The highest BCUT2D eigenvalue weighted by atomic mass is 16.5. The number of nitrogens with zero attached hydrogens (tertiary/aromatic N) is 1. The highest BCUT2D eigenvalue weighted by Crippen LogP contribution is 2.16. The Morgan fingerprint density at radius 1 is 1.21 bits per heavy atom. The average Bonchev–Trinajstić information content (AvgIpc) is 2.59. The third-order valence-electron chi connectivity index (χ3n) is 3.36. The molecule has 0 aliphatic rings. The molecular formula is C17H24N2O5. The fraction of sp³-hybridized carbons (Fsp3) is 0.471. The van der Waals surface area contributed by atoms with Crippen LogP contribution in [0.5, 0.6) is 0 Å². The molecule has 0 aliphatic carbocycles. The van der Waals surface area contributed by atoms with E-state index >= 15 is 0 Å². The van der Waals surface area contributed by atoms with Crippen molar-refractivity contribution in [1.29, 1.82) is 0 Å². The number of benzene rings is 1. The second kappa shape index (κ2) is 10.4. The minimum absolute atomic E-state index is 0.0729. The maximum atomic E-state index is 12.1. The Morgan fingerprint density at radius 2 is 1.92 bits per heavy atom. The molecule has 0 radical (unpaired) electrons. The number of anilines is 1. The van der Waals surface area contributed by atoms with Crippen molar-refractivity contribution < 1.29 is 24.2 Å². The number of nitrogens with one attached hydrogen (secondary N) is 1. The summed E-state index contributed by atoms with van der Waals surface area (Å²) in [4.78, 5) is 37.4. The van der Waals surface area contributed by atoms with E-state index in [1.165, 1.54) is 17.0 Å². The molecule has 1 rings (SSSR count). The monoisotopic (exact) mass is 336 g/mol. The Hall–Kier alpha value is -2.41. The van der Waals surface area contributed by atoms with Gasteiger partial charge in [-0.3, -0.25) is 9.59 Å². The van der Waals surface area contributed by atoms with Crippen LogP contribution in [0.3, 0.4) is 0 Å². The van der Waals surface area contributed by atoms with Crippen LogP contribution in [0, 0.1) is 0 Å². The van der Waals surface area contributed by atoms with Gasteiger partial charge in [0.2, 0.25) is 0 Å². The molecule has 0 saturated heterocycles. The van der Waals surface area contributed by atoms with E-state index in [1.54, 1.807) is 19.1 Å². The van der Waals surface area contributed by atoms with Gasteiger partial charge in [-0.05, 0) is 25.5 Å². The molecule has 0 heterocycles. The first-order valence-corrected chi connectivity index (χ1v) is 8.02. The molecule has 7 heteroatoms. The molecular weight excluding hydrogens is 312 g/mol. The zero-order valence-electron chi connectivity index (χ0n) is 14.1. The molecule has 2 N–H and O–H groups in total. The first-order chi connectivity index (χ1) is 11.5. The number of hydrogen-bond donors (Lipinski definition) is 2. The fourth-order valence-corrected chi connectivity index (χ4v) is 2.00. The van der Waals surface area contributed by atoms with Gasteiger partial charge in [0.15, 0.2) is 0 Å². The molecule has 0 aliphatic heterocycles. The SMILES string of the molecule is CCCCOC(=O)c1ccccc1NC(=O)C(=O)N(CC)CCO. The molecule has 7 nitrogen and oxygen atoms in total. The minimum Gasteiger partial charge on any atom is -0.462 e. The molecule has 24 heavy (non-hydrogen) atoms. The average molecular weight is 336 g/mol. The van der Waals surface area contributed by atoms with Gasteiger partial charge in [0, 0.05) is 13.1 Å². The third-order valence-corrected chi connectivity index (χ3v) is 3.36. The van der Waals surface area contributed by atoms with Crippen LogP contribution in [0.15, 0.2) is 24.3 Å². The Bertz CT molecular complexity index is 574. The van der Waals surface area contributed by atoms with Gasteiger partial charge in [0.25, 0.3) is 0 Å². The van der Waals surface area contributed by atoms with Crippen LogP contribution in [-0.4, -0.2) is 54.1 Å². The van der Waals surface area contributed by atoms with Gasteiger partial charge < -0.3 is 20.1 Å². The molecule has 0 unspecified atom stereocenters. The predicted octanol–water partition coefficient (Wildman–Crippen LogP) is 1.42. The van der Waals surface area contributed by atoms with Crippen LogP contribution < -0.4 is 5.32 Å². The van der Waals surface area contributed by atoms with Crippen molar-refractivity contribution in [1.82, 2.24) is 4.90 Å². The summed E-state index contributed by atoms with van der Waals surface area (Å²) in [7, 11) is 0. The summed E-state index contributed by atoms with van der Waals surface area (Å²) in [5, 5.41) is 11.4. The highest BCUT2D eigenvalue weighted by Gasteiger charge is 2.22. The number of para-hydroxylation sites is 1. The van der Waals surface area contributed by atoms with Crippen molar-refractivity contribution in [3.8, 4) is 0 Å². The van der Waals surface area contributed by atoms with Crippen molar-refractivity contribution in [2.75, 3.05) is 31.6 Å². The van der Waals surface area contributed by atoms with E-state index in [4.69, 9.17) is 9.84 Å². The van der Waals surface area contributed by atoms with Gasteiger partial charge in [-0.25, -0.2) is 4.79 Å². The zero-order chi connectivity index (χ0) is 17.9. The van der Waals surface area contributed by atoms with Gasteiger partial charge >= 0.3 is 17.8 Å². The number of likely N-dealkylation sites (N-methyl/N-ethyl adjacent to an activating group) is 1. The molecule has 0 spiro atoms. The fourth-order valence-electron chi connectivity index (χ4n) is 2.00. The number of carbonyl (C=O) groups excluding carboxylic acids is 3. The first kappa shape index (κ1) is 19.6. The lowest BCUT2D eigenvalue weighted by atomic mass is 10.1. The van der Waals surface area contributed by atoms with Crippen LogP contribution in [0.4, 0.5) is 5.69 Å². The molecule has 0 atom stereocenters.